The molecule has 4 rings (SSSR count). The highest BCUT2D eigenvalue weighted by Crippen LogP contribution is 2.31. The van der Waals surface area contributed by atoms with Gasteiger partial charge < -0.3 is 10.2 Å². The van der Waals surface area contributed by atoms with Crippen LogP contribution in [0.3, 0.4) is 0 Å². The Hall–Kier alpha value is -1.76. The van der Waals surface area contributed by atoms with Gasteiger partial charge >= 0.3 is 0 Å². The van der Waals surface area contributed by atoms with Gasteiger partial charge in [-0.1, -0.05) is 31.2 Å². The van der Waals surface area contributed by atoms with Crippen LogP contribution in [0.1, 0.15) is 55.2 Å². The summed E-state index contributed by atoms with van der Waals surface area (Å²) < 4.78 is 0. The quantitative estimate of drug-likeness (QED) is 0.561. The molecule has 0 aliphatic carbocycles. The van der Waals surface area contributed by atoms with E-state index in [1.54, 1.807) is 11.3 Å². The second kappa shape index (κ2) is 11.6. The summed E-state index contributed by atoms with van der Waals surface area (Å²) in [5.41, 5.74) is 3.70. The Balaban J connectivity index is 1.18. The smallest absolute Gasteiger partial charge is 0.223 e. The molecule has 0 unspecified atom stereocenters. The van der Waals surface area contributed by atoms with Crippen LogP contribution in [0.15, 0.2) is 24.3 Å². The predicted octanol–water partition coefficient (Wildman–Crippen LogP) is 4.88. The van der Waals surface area contributed by atoms with Crippen LogP contribution in [-0.2, 0) is 11.3 Å². The first kappa shape index (κ1) is 24.4. The number of thiazole rings is 1. The predicted molar refractivity (Wildman–Crippen MR) is 137 cm³/mol. The van der Waals surface area contributed by atoms with E-state index < -0.39 is 0 Å². The van der Waals surface area contributed by atoms with E-state index in [9.17, 15) is 4.79 Å². The van der Waals surface area contributed by atoms with Crippen LogP contribution in [0.4, 0.5) is 0 Å². The van der Waals surface area contributed by atoms with Gasteiger partial charge in [0.1, 0.15) is 5.01 Å². The van der Waals surface area contributed by atoms with Gasteiger partial charge in [-0.3, -0.25) is 9.69 Å². The number of rotatable bonds is 8. The molecule has 2 saturated heterocycles. The third-order valence-electron chi connectivity index (χ3n) is 7.29. The average Bonchev–Trinajstić information content (AvgIpc) is 3.17. The van der Waals surface area contributed by atoms with Crippen molar-refractivity contribution < 1.29 is 4.79 Å². The normalized spacial score (nSPS) is 20.8. The van der Waals surface area contributed by atoms with Gasteiger partial charge in [0.05, 0.1) is 5.69 Å². The zero-order valence-corrected chi connectivity index (χ0v) is 21.4. The van der Waals surface area contributed by atoms with Gasteiger partial charge in [-0.25, -0.2) is 4.98 Å². The number of hydrogen-bond donors (Lipinski definition) is 1. The molecular weight excluding hydrogens is 428 g/mol. The number of aromatic nitrogens is 1. The van der Waals surface area contributed by atoms with Crippen LogP contribution in [-0.4, -0.2) is 60.0 Å². The van der Waals surface area contributed by atoms with Gasteiger partial charge in [-0.05, 0) is 83.6 Å². The van der Waals surface area contributed by atoms with Gasteiger partial charge in [0.15, 0.2) is 0 Å². The van der Waals surface area contributed by atoms with Crippen molar-refractivity contribution in [2.75, 3.05) is 39.3 Å². The molecule has 5 nitrogen and oxygen atoms in total. The summed E-state index contributed by atoms with van der Waals surface area (Å²) in [6.45, 7) is 13.9. The number of nitrogens with one attached hydrogen (secondary N) is 1. The summed E-state index contributed by atoms with van der Waals surface area (Å²) in [4.78, 5) is 24.0. The van der Waals surface area contributed by atoms with Crippen molar-refractivity contribution >= 4 is 17.2 Å². The monoisotopic (exact) mass is 468 g/mol. The molecule has 0 spiro atoms. The van der Waals surface area contributed by atoms with Crippen molar-refractivity contribution in [1.29, 1.82) is 0 Å². The van der Waals surface area contributed by atoms with Crippen LogP contribution in [0.25, 0.3) is 10.6 Å². The average molecular weight is 469 g/mol. The van der Waals surface area contributed by atoms with E-state index in [2.05, 4.69) is 60.2 Å². The molecule has 1 amide bonds. The Morgan fingerprint density at radius 1 is 1.12 bits per heavy atom. The van der Waals surface area contributed by atoms with Crippen molar-refractivity contribution in [3.63, 3.8) is 0 Å². The summed E-state index contributed by atoms with van der Waals surface area (Å²) in [6, 6.07) is 8.47. The van der Waals surface area contributed by atoms with E-state index in [1.165, 1.54) is 47.6 Å². The first-order chi connectivity index (χ1) is 16.0. The largest absolute Gasteiger partial charge is 0.356 e. The molecule has 2 fully saturated rings. The minimum Gasteiger partial charge on any atom is -0.356 e. The van der Waals surface area contributed by atoms with Crippen molar-refractivity contribution in [2.24, 2.45) is 11.8 Å². The number of amides is 1. The highest BCUT2D eigenvalue weighted by atomic mass is 32.1. The van der Waals surface area contributed by atoms with Gasteiger partial charge in [0.25, 0.3) is 0 Å². The fraction of sp³-hybridized carbons (Fsp3) is 0.630. The maximum absolute atomic E-state index is 12.7. The molecule has 0 bridgehead atoms. The lowest BCUT2D eigenvalue weighted by molar-refractivity contribution is -0.126. The second-order valence-corrected chi connectivity index (χ2v) is 11.3. The number of benzene rings is 1. The molecule has 3 heterocycles. The molecule has 1 aromatic heterocycles. The lowest BCUT2D eigenvalue weighted by Crippen LogP contribution is -2.41. The molecule has 2 aliphatic rings. The molecule has 1 atom stereocenters. The van der Waals surface area contributed by atoms with Crippen LogP contribution in [0.5, 0.6) is 0 Å². The number of piperidine rings is 2. The van der Waals surface area contributed by atoms with Crippen molar-refractivity contribution in [2.45, 2.75) is 59.4 Å². The highest BCUT2D eigenvalue weighted by molar-refractivity contribution is 7.15. The Morgan fingerprint density at radius 3 is 2.67 bits per heavy atom. The van der Waals surface area contributed by atoms with Crippen LogP contribution in [0, 0.1) is 25.7 Å². The van der Waals surface area contributed by atoms with E-state index in [1.807, 2.05) is 0 Å². The van der Waals surface area contributed by atoms with Crippen molar-refractivity contribution in [3.05, 3.63) is 40.4 Å². The lowest BCUT2D eigenvalue weighted by Gasteiger charge is -2.31. The number of carbonyl (C=O) groups excluding carboxylic acids is 1. The summed E-state index contributed by atoms with van der Waals surface area (Å²) in [5.74, 6) is 1.24. The molecule has 6 heteroatoms. The molecule has 2 aromatic rings. The maximum atomic E-state index is 12.7. The first-order valence-corrected chi connectivity index (χ1v) is 13.6. The van der Waals surface area contributed by atoms with Crippen molar-refractivity contribution in [3.8, 4) is 10.6 Å². The van der Waals surface area contributed by atoms with Crippen LogP contribution in [0.2, 0.25) is 0 Å². The first-order valence-electron chi connectivity index (χ1n) is 12.7. The number of carbonyl (C=O) groups is 1. The molecule has 1 N–H and O–H groups in total. The Kier molecular flexibility index (Phi) is 8.55. The van der Waals surface area contributed by atoms with Gasteiger partial charge in [0, 0.05) is 36.0 Å². The van der Waals surface area contributed by atoms with E-state index >= 15 is 0 Å². The lowest BCUT2D eigenvalue weighted by atomic mass is 9.95. The standard InChI is InChI=1S/C27H40N4OS/c1-20-8-6-14-30(18-20)15-7-13-28-26(32)23-11-16-31(17-12-23)19-25-22(3)33-27(29-25)24-10-5-4-9-21(24)2/h4-5,9-10,20,23H,6-8,11-19H2,1-3H3,(H,28,32)/t20-/m1/s1. The maximum Gasteiger partial charge on any atom is 0.223 e. The zero-order chi connectivity index (χ0) is 23.2. The number of likely N-dealkylation sites (tertiary alicyclic amines) is 2. The topological polar surface area (TPSA) is 48.5 Å². The minimum atomic E-state index is 0.162. The third kappa shape index (κ3) is 6.65. The summed E-state index contributed by atoms with van der Waals surface area (Å²) in [7, 11) is 0. The highest BCUT2D eigenvalue weighted by Gasteiger charge is 2.26. The molecule has 1 aromatic carbocycles. The van der Waals surface area contributed by atoms with Crippen LogP contribution < -0.4 is 5.32 Å². The SMILES string of the molecule is Cc1ccccc1-c1nc(CN2CCC(C(=O)NCCCN3CCC[C@@H](C)C3)CC2)c(C)s1. The minimum absolute atomic E-state index is 0.162. The Bertz CT molecular complexity index is 919. The van der Waals surface area contributed by atoms with E-state index in [0.29, 0.717) is 0 Å². The molecule has 0 saturated carbocycles. The fourth-order valence-corrected chi connectivity index (χ4v) is 6.23. The Morgan fingerprint density at radius 2 is 1.91 bits per heavy atom. The van der Waals surface area contributed by atoms with Gasteiger partial charge in [-0.2, -0.15) is 0 Å². The number of aryl methyl sites for hydroxylation is 2. The molecule has 0 radical (unpaired) electrons. The van der Waals surface area contributed by atoms with E-state index in [-0.39, 0.29) is 11.8 Å². The van der Waals surface area contributed by atoms with Gasteiger partial charge in [0.2, 0.25) is 5.91 Å². The zero-order valence-electron chi connectivity index (χ0n) is 20.6. The van der Waals surface area contributed by atoms with E-state index in [0.717, 1.165) is 62.9 Å². The Labute approximate surface area is 203 Å². The van der Waals surface area contributed by atoms with Crippen LogP contribution >= 0.6 is 11.3 Å². The number of hydrogen-bond acceptors (Lipinski definition) is 5. The van der Waals surface area contributed by atoms with Gasteiger partial charge in [-0.15, -0.1) is 11.3 Å². The summed E-state index contributed by atoms with van der Waals surface area (Å²) >= 11 is 1.79. The number of nitrogens with zero attached hydrogens (tertiary/aromatic N) is 3. The second-order valence-electron chi connectivity index (χ2n) is 10.1. The fourth-order valence-electron chi connectivity index (χ4n) is 5.22. The third-order valence-corrected chi connectivity index (χ3v) is 8.34. The van der Waals surface area contributed by atoms with E-state index in [4.69, 9.17) is 4.98 Å². The molecule has 33 heavy (non-hydrogen) atoms. The summed E-state index contributed by atoms with van der Waals surface area (Å²) in [5, 5.41) is 4.33. The van der Waals surface area contributed by atoms with Crippen molar-refractivity contribution in [1.82, 2.24) is 20.1 Å². The molecular formula is C27H40N4OS. The molecule has 2 aliphatic heterocycles. The summed E-state index contributed by atoms with van der Waals surface area (Å²) in [6.07, 6.45) is 5.64. The molecule has 180 valence electrons.